The molecule has 2 unspecified atom stereocenters. The topological polar surface area (TPSA) is 51.2 Å². The third-order valence-corrected chi connectivity index (χ3v) is 6.37. The number of hydrogen-bond acceptors (Lipinski definition) is 5. The lowest BCUT2D eigenvalue weighted by Gasteiger charge is -2.42. The first-order chi connectivity index (χ1) is 16.1. The summed E-state index contributed by atoms with van der Waals surface area (Å²) in [6, 6.07) is 15.7. The third-order valence-electron chi connectivity index (χ3n) is 5.52. The number of halogens is 2. The number of carbonyl (C=O) groups is 1. The van der Waals surface area contributed by atoms with Crippen LogP contribution in [0.25, 0.3) is 0 Å². The van der Waals surface area contributed by atoms with E-state index >= 15 is 0 Å². The average molecular weight is 554 g/mol. The first-order valence-corrected chi connectivity index (χ1v) is 12.7. The van der Waals surface area contributed by atoms with Crippen LogP contribution < -0.4 is 4.74 Å². The molecule has 1 saturated heterocycles. The van der Waals surface area contributed by atoms with Crippen LogP contribution >= 0.6 is 27.5 Å². The molecule has 1 aliphatic rings. The van der Waals surface area contributed by atoms with E-state index in [2.05, 4.69) is 45.1 Å². The lowest BCUT2D eigenvalue weighted by Crippen LogP contribution is -2.57. The molecule has 0 aliphatic carbocycles. The number of piperazine rings is 1. The van der Waals surface area contributed by atoms with Crippen molar-refractivity contribution in [3.05, 3.63) is 63.6 Å². The van der Waals surface area contributed by atoms with Crippen LogP contribution in [0.15, 0.2) is 53.0 Å². The quantitative estimate of drug-likeness (QED) is 0.401. The Labute approximate surface area is 216 Å². The number of rotatable bonds is 8. The highest BCUT2D eigenvalue weighted by Gasteiger charge is 2.35. The summed E-state index contributed by atoms with van der Waals surface area (Å²) in [7, 11) is 1.65. The van der Waals surface area contributed by atoms with Gasteiger partial charge in [-0.05, 0) is 60.5 Å². The molecule has 8 heteroatoms. The summed E-state index contributed by atoms with van der Waals surface area (Å²) in [4.78, 5) is 17.3. The molecule has 0 N–H and O–H groups in total. The van der Waals surface area contributed by atoms with Gasteiger partial charge in [0.15, 0.2) is 0 Å². The van der Waals surface area contributed by atoms with Gasteiger partial charge in [-0.3, -0.25) is 4.90 Å². The van der Waals surface area contributed by atoms with Gasteiger partial charge in [0.25, 0.3) is 0 Å². The molecule has 186 valence electrons. The summed E-state index contributed by atoms with van der Waals surface area (Å²) >= 11 is 9.61. The standard InChI is InChI=1S/C26H34BrClN2O4/c1-26(2,3)34-25(31)30-13-12-29(16-19-8-6-5-7-9-19)17-21(30)15-22(18-32-4)33-24-11-10-20(28)14-23(24)27/h5-11,14,21-22H,12-13,15-18H2,1-4H3. The molecular formula is C26H34BrClN2O4. The van der Waals surface area contributed by atoms with E-state index in [9.17, 15) is 4.79 Å². The minimum atomic E-state index is -0.556. The molecule has 6 nitrogen and oxygen atoms in total. The van der Waals surface area contributed by atoms with Crippen LogP contribution in [0.2, 0.25) is 5.02 Å². The van der Waals surface area contributed by atoms with Crippen molar-refractivity contribution in [2.75, 3.05) is 33.4 Å². The van der Waals surface area contributed by atoms with E-state index in [1.54, 1.807) is 19.2 Å². The molecule has 3 rings (SSSR count). The average Bonchev–Trinajstić information content (AvgIpc) is 2.75. The zero-order valence-corrected chi connectivity index (χ0v) is 22.6. The van der Waals surface area contributed by atoms with Crippen molar-refractivity contribution in [3.63, 3.8) is 0 Å². The molecule has 1 amide bonds. The molecule has 0 saturated carbocycles. The maximum absolute atomic E-state index is 13.1. The van der Waals surface area contributed by atoms with Crippen LogP contribution in [0.4, 0.5) is 4.79 Å². The Balaban J connectivity index is 1.77. The number of ether oxygens (including phenoxy) is 3. The summed E-state index contributed by atoms with van der Waals surface area (Å²) < 4.78 is 18.3. The summed E-state index contributed by atoms with van der Waals surface area (Å²) in [6.45, 7) is 8.99. The molecule has 2 aromatic rings. The lowest BCUT2D eigenvalue weighted by molar-refractivity contribution is -0.0158. The van der Waals surface area contributed by atoms with Crippen LogP contribution in [0.3, 0.4) is 0 Å². The normalized spacial score (nSPS) is 17.9. The summed E-state index contributed by atoms with van der Waals surface area (Å²) in [5.41, 5.74) is 0.695. The van der Waals surface area contributed by atoms with Crippen molar-refractivity contribution in [1.82, 2.24) is 9.80 Å². The van der Waals surface area contributed by atoms with Gasteiger partial charge < -0.3 is 19.1 Å². The van der Waals surface area contributed by atoms with Crippen molar-refractivity contribution < 1.29 is 19.0 Å². The van der Waals surface area contributed by atoms with Gasteiger partial charge in [-0.15, -0.1) is 0 Å². The highest BCUT2D eigenvalue weighted by Crippen LogP contribution is 2.30. The minimum absolute atomic E-state index is 0.0847. The van der Waals surface area contributed by atoms with Crippen molar-refractivity contribution in [1.29, 1.82) is 0 Å². The van der Waals surface area contributed by atoms with E-state index in [0.29, 0.717) is 30.3 Å². The van der Waals surface area contributed by atoms with Crippen molar-refractivity contribution in [3.8, 4) is 5.75 Å². The molecular weight excluding hydrogens is 520 g/mol. The number of amides is 1. The molecule has 1 heterocycles. The van der Waals surface area contributed by atoms with E-state index in [1.807, 2.05) is 37.8 Å². The first-order valence-electron chi connectivity index (χ1n) is 11.5. The zero-order valence-electron chi connectivity index (χ0n) is 20.3. The summed E-state index contributed by atoms with van der Waals surface area (Å²) in [5.74, 6) is 0.687. The molecule has 34 heavy (non-hydrogen) atoms. The fraction of sp³-hybridized carbons (Fsp3) is 0.500. The monoisotopic (exact) mass is 552 g/mol. The van der Waals surface area contributed by atoms with Crippen LogP contribution in [0, 0.1) is 0 Å². The lowest BCUT2D eigenvalue weighted by atomic mass is 10.0. The van der Waals surface area contributed by atoms with Crippen LogP contribution in [-0.4, -0.2) is 67.0 Å². The summed E-state index contributed by atoms with van der Waals surface area (Å²) in [5, 5.41) is 0.627. The smallest absolute Gasteiger partial charge is 0.410 e. The Hall–Kier alpha value is -1.80. The van der Waals surface area contributed by atoms with Gasteiger partial charge in [0.05, 0.1) is 17.1 Å². The van der Waals surface area contributed by atoms with Crippen LogP contribution in [0.1, 0.15) is 32.8 Å². The Morgan fingerprint density at radius 2 is 1.91 bits per heavy atom. The molecule has 0 bridgehead atoms. The Bertz CT molecular complexity index is 938. The van der Waals surface area contributed by atoms with Crippen LogP contribution in [-0.2, 0) is 16.0 Å². The Morgan fingerprint density at radius 1 is 1.18 bits per heavy atom. The maximum Gasteiger partial charge on any atom is 0.410 e. The number of nitrogens with zero attached hydrogens (tertiary/aromatic N) is 2. The highest BCUT2D eigenvalue weighted by atomic mass is 79.9. The second-order valence-electron chi connectivity index (χ2n) is 9.55. The van der Waals surface area contributed by atoms with E-state index < -0.39 is 5.60 Å². The van der Waals surface area contributed by atoms with Gasteiger partial charge in [0.1, 0.15) is 17.5 Å². The van der Waals surface area contributed by atoms with E-state index in [0.717, 1.165) is 24.1 Å². The third kappa shape index (κ3) is 8.15. The molecule has 1 fully saturated rings. The first kappa shape index (κ1) is 26.8. The second kappa shape index (κ2) is 12.2. The van der Waals surface area contributed by atoms with Gasteiger partial charge in [-0.1, -0.05) is 41.9 Å². The van der Waals surface area contributed by atoms with E-state index in [-0.39, 0.29) is 18.2 Å². The van der Waals surface area contributed by atoms with Crippen molar-refractivity contribution >= 4 is 33.6 Å². The Morgan fingerprint density at radius 3 is 2.56 bits per heavy atom. The molecule has 2 atom stereocenters. The predicted octanol–water partition coefficient (Wildman–Crippen LogP) is 6.01. The molecule has 0 aromatic heterocycles. The molecule has 1 aliphatic heterocycles. The highest BCUT2D eigenvalue weighted by molar-refractivity contribution is 9.10. The van der Waals surface area contributed by atoms with E-state index in [4.69, 9.17) is 25.8 Å². The molecule has 2 aromatic carbocycles. The van der Waals surface area contributed by atoms with E-state index in [1.165, 1.54) is 5.56 Å². The SMILES string of the molecule is COCC(CC1CN(Cc2ccccc2)CCN1C(=O)OC(C)(C)C)Oc1ccc(Cl)cc1Br. The predicted molar refractivity (Wildman–Crippen MR) is 139 cm³/mol. The largest absolute Gasteiger partial charge is 0.487 e. The molecule has 0 radical (unpaired) electrons. The summed E-state index contributed by atoms with van der Waals surface area (Å²) in [6.07, 6.45) is 0.0581. The fourth-order valence-corrected chi connectivity index (χ4v) is 4.83. The van der Waals surface area contributed by atoms with Gasteiger partial charge in [0, 0.05) is 44.7 Å². The van der Waals surface area contributed by atoms with Gasteiger partial charge >= 0.3 is 6.09 Å². The number of hydrogen-bond donors (Lipinski definition) is 0. The van der Waals surface area contributed by atoms with Crippen molar-refractivity contribution in [2.45, 2.75) is 51.5 Å². The zero-order chi connectivity index (χ0) is 24.7. The van der Waals surface area contributed by atoms with Gasteiger partial charge in [-0.2, -0.15) is 0 Å². The number of benzene rings is 2. The van der Waals surface area contributed by atoms with Crippen LogP contribution in [0.5, 0.6) is 5.75 Å². The molecule has 0 spiro atoms. The number of carbonyl (C=O) groups excluding carboxylic acids is 1. The minimum Gasteiger partial charge on any atom is -0.487 e. The van der Waals surface area contributed by atoms with Gasteiger partial charge in [0.2, 0.25) is 0 Å². The maximum atomic E-state index is 13.1. The van der Waals surface area contributed by atoms with Crippen molar-refractivity contribution in [2.24, 2.45) is 0 Å². The second-order valence-corrected chi connectivity index (χ2v) is 10.8. The van der Waals surface area contributed by atoms with Gasteiger partial charge in [-0.25, -0.2) is 4.79 Å². The Kier molecular flexibility index (Phi) is 9.65. The fourth-order valence-electron chi connectivity index (χ4n) is 4.06. The number of methoxy groups -OCH3 is 1.